The molecule has 0 radical (unpaired) electrons. The van der Waals surface area contributed by atoms with Gasteiger partial charge in [-0.3, -0.25) is 4.79 Å². The summed E-state index contributed by atoms with van der Waals surface area (Å²) in [7, 11) is -1.09. The van der Waals surface area contributed by atoms with E-state index in [4.69, 9.17) is 14.6 Å². The van der Waals surface area contributed by atoms with E-state index in [0.717, 1.165) is 0 Å². The van der Waals surface area contributed by atoms with Gasteiger partial charge in [0.2, 0.25) is 10.0 Å². The lowest BCUT2D eigenvalue weighted by Gasteiger charge is -2.15. The second-order valence-corrected chi connectivity index (χ2v) is 6.66. The van der Waals surface area contributed by atoms with Gasteiger partial charge in [-0.15, -0.1) is 0 Å². The highest BCUT2D eigenvalue weighted by molar-refractivity contribution is 9.10. The number of halogens is 1. The Balaban J connectivity index is 2.99. The van der Waals surface area contributed by atoms with E-state index in [0.29, 0.717) is 10.2 Å². The van der Waals surface area contributed by atoms with Gasteiger partial charge in [0.05, 0.1) is 16.5 Å². The van der Waals surface area contributed by atoms with Crippen LogP contribution in [0.5, 0.6) is 5.75 Å². The molecule has 1 rings (SSSR count). The second-order valence-electron chi connectivity index (χ2n) is 4.09. The lowest BCUT2D eigenvalue weighted by molar-refractivity contribution is -0.139. The van der Waals surface area contributed by atoms with Crippen LogP contribution in [0.4, 0.5) is 0 Å². The molecule has 0 fully saturated rings. The minimum Gasteiger partial charge on any atom is -0.496 e. The molecule has 0 aliphatic rings. The number of sulfonamides is 1. The van der Waals surface area contributed by atoms with Crippen molar-refractivity contribution in [1.82, 2.24) is 4.72 Å². The maximum Gasteiger partial charge on any atom is 0.321 e. The molecule has 0 aromatic heterocycles. The summed E-state index contributed by atoms with van der Waals surface area (Å²) in [5.74, 6) is -0.786. The summed E-state index contributed by atoms with van der Waals surface area (Å²) in [5.41, 5.74) is 0. The average molecular weight is 382 g/mol. The number of carboxylic acid groups (broad SMARTS) is 1. The quantitative estimate of drug-likeness (QED) is 0.701. The van der Waals surface area contributed by atoms with Gasteiger partial charge in [-0.05, 0) is 40.5 Å². The first kappa shape index (κ1) is 17.9. The molecule has 1 aromatic carbocycles. The van der Waals surface area contributed by atoms with Gasteiger partial charge in [0.25, 0.3) is 0 Å². The van der Waals surface area contributed by atoms with Crippen molar-refractivity contribution in [1.29, 1.82) is 0 Å². The number of nitrogens with one attached hydrogen (secondary N) is 1. The summed E-state index contributed by atoms with van der Waals surface area (Å²) >= 11 is 3.18. The smallest absolute Gasteiger partial charge is 0.321 e. The van der Waals surface area contributed by atoms with Crippen LogP contribution in [0.2, 0.25) is 0 Å². The molecule has 2 N–H and O–H groups in total. The predicted molar refractivity (Wildman–Crippen MR) is 78.9 cm³/mol. The Morgan fingerprint density at radius 3 is 2.57 bits per heavy atom. The first-order valence-corrected chi connectivity index (χ1v) is 8.17. The van der Waals surface area contributed by atoms with Gasteiger partial charge in [0.1, 0.15) is 11.8 Å². The van der Waals surface area contributed by atoms with Gasteiger partial charge in [-0.25, -0.2) is 8.42 Å². The molecule has 21 heavy (non-hydrogen) atoms. The fraction of sp³-hybridized carbons (Fsp3) is 0.417. The van der Waals surface area contributed by atoms with Crippen LogP contribution in [0, 0.1) is 0 Å². The van der Waals surface area contributed by atoms with Crippen LogP contribution in [0.25, 0.3) is 0 Å². The lowest BCUT2D eigenvalue weighted by atomic mass is 10.2. The van der Waals surface area contributed by atoms with E-state index in [2.05, 4.69) is 20.7 Å². The van der Waals surface area contributed by atoms with Crippen LogP contribution in [0.3, 0.4) is 0 Å². The number of carboxylic acids is 1. The second kappa shape index (κ2) is 7.74. The van der Waals surface area contributed by atoms with Gasteiger partial charge in [-0.2, -0.15) is 4.72 Å². The first-order valence-electron chi connectivity index (χ1n) is 5.89. The van der Waals surface area contributed by atoms with Gasteiger partial charge >= 0.3 is 5.97 Å². The van der Waals surface area contributed by atoms with Crippen molar-refractivity contribution in [3.05, 3.63) is 22.7 Å². The molecule has 1 aromatic rings. The Morgan fingerprint density at radius 2 is 2.10 bits per heavy atom. The van der Waals surface area contributed by atoms with Crippen LogP contribution < -0.4 is 9.46 Å². The van der Waals surface area contributed by atoms with E-state index in [9.17, 15) is 13.2 Å². The van der Waals surface area contributed by atoms with Crippen molar-refractivity contribution in [3.8, 4) is 5.75 Å². The van der Waals surface area contributed by atoms with Gasteiger partial charge in [-0.1, -0.05) is 0 Å². The molecule has 0 spiro atoms. The summed E-state index contributed by atoms with van der Waals surface area (Å²) in [4.78, 5) is 11.0. The monoisotopic (exact) mass is 381 g/mol. The average Bonchev–Trinajstić information content (AvgIpc) is 2.43. The SMILES string of the molecule is COCCC(NS(=O)(=O)c1ccc(OC)c(Br)c1)C(=O)O. The van der Waals surface area contributed by atoms with E-state index in [1.54, 1.807) is 0 Å². The minimum atomic E-state index is -3.95. The molecular formula is C12H16BrNO6S. The predicted octanol–water partition coefficient (Wildman–Crippen LogP) is 1.23. The standard InChI is InChI=1S/C12H16BrNO6S/c1-19-6-5-10(12(15)16)14-21(17,18)8-3-4-11(20-2)9(13)7-8/h3-4,7,10,14H,5-6H2,1-2H3,(H,15,16). The van der Waals surface area contributed by atoms with Crippen molar-refractivity contribution in [2.24, 2.45) is 0 Å². The van der Waals surface area contributed by atoms with Crippen molar-refractivity contribution < 1.29 is 27.8 Å². The molecule has 0 aliphatic heterocycles. The molecule has 0 heterocycles. The molecule has 7 nitrogen and oxygen atoms in total. The number of rotatable bonds is 8. The van der Waals surface area contributed by atoms with Crippen LogP contribution in [-0.4, -0.2) is 46.4 Å². The largest absolute Gasteiger partial charge is 0.496 e. The van der Waals surface area contributed by atoms with Gasteiger partial charge in [0, 0.05) is 13.7 Å². The third kappa shape index (κ3) is 4.95. The summed E-state index contributed by atoms with van der Waals surface area (Å²) in [6.45, 7) is 0.131. The van der Waals surface area contributed by atoms with Crippen molar-refractivity contribution in [3.63, 3.8) is 0 Å². The number of carbonyl (C=O) groups is 1. The minimum absolute atomic E-state index is 0.0301. The van der Waals surface area contributed by atoms with Crippen LogP contribution in [0.1, 0.15) is 6.42 Å². The van der Waals surface area contributed by atoms with Crippen molar-refractivity contribution in [2.45, 2.75) is 17.4 Å². The molecule has 0 amide bonds. The Bertz CT molecular complexity index is 604. The summed E-state index contributed by atoms with van der Waals surface area (Å²) in [6, 6.07) is 2.90. The van der Waals surface area contributed by atoms with E-state index in [1.165, 1.54) is 32.4 Å². The Hall–Kier alpha value is -1.16. The van der Waals surface area contributed by atoms with E-state index >= 15 is 0 Å². The molecule has 0 bridgehead atoms. The molecule has 0 aliphatic carbocycles. The topological polar surface area (TPSA) is 102 Å². The highest BCUT2D eigenvalue weighted by Crippen LogP contribution is 2.27. The number of ether oxygens (including phenoxy) is 2. The van der Waals surface area contributed by atoms with E-state index in [-0.39, 0.29) is 17.9 Å². The van der Waals surface area contributed by atoms with Crippen molar-refractivity contribution in [2.75, 3.05) is 20.8 Å². The summed E-state index contributed by atoms with van der Waals surface area (Å²) in [6.07, 6.45) is 0.0301. The zero-order chi connectivity index (χ0) is 16.0. The lowest BCUT2D eigenvalue weighted by Crippen LogP contribution is -2.41. The zero-order valence-electron chi connectivity index (χ0n) is 11.5. The van der Waals surface area contributed by atoms with E-state index < -0.39 is 22.0 Å². The molecule has 1 atom stereocenters. The Labute approximate surface area is 131 Å². The van der Waals surface area contributed by atoms with Gasteiger partial charge < -0.3 is 14.6 Å². The third-order valence-electron chi connectivity index (χ3n) is 2.64. The van der Waals surface area contributed by atoms with Crippen LogP contribution in [0.15, 0.2) is 27.6 Å². The maximum absolute atomic E-state index is 12.2. The number of benzene rings is 1. The molecule has 0 saturated heterocycles. The van der Waals surface area contributed by atoms with Crippen LogP contribution in [-0.2, 0) is 19.6 Å². The zero-order valence-corrected chi connectivity index (χ0v) is 13.9. The molecular weight excluding hydrogens is 366 g/mol. The van der Waals surface area contributed by atoms with Gasteiger partial charge in [0.15, 0.2) is 0 Å². The fourth-order valence-corrected chi connectivity index (χ4v) is 3.48. The molecule has 1 unspecified atom stereocenters. The number of hydrogen-bond acceptors (Lipinski definition) is 5. The number of hydrogen-bond donors (Lipinski definition) is 2. The Kier molecular flexibility index (Phi) is 6.59. The summed E-state index contributed by atoms with van der Waals surface area (Å²) in [5, 5.41) is 9.04. The molecule has 118 valence electrons. The summed E-state index contributed by atoms with van der Waals surface area (Å²) < 4.78 is 36.7. The highest BCUT2D eigenvalue weighted by atomic mass is 79.9. The fourth-order valence-electron chi connectivity index (χ4n) is 1.54. The number of methoxy groups -OCH3 is 2. The van der Waals surface area contributed by atoms with Crippen LogP contribution >= 0.6 is 15.9 Å². The normalized spacial score (nSPS) is 12.9. The van der Waals surface area contributed by atoms with Crippen molar-refractivity contribution >= 4 is 31.9 Å². The highest BCUT2D eigenvalue weighted by Gasteiger charge is 2.25. The Morgan fingerprint density at radius 1 is 1.43 bits per heavy atom. The maximum atomic E-state index is 12.2. The molecule has 0 saturated carbocycles. The first-order chi connectivity index (χ1) is 9.81. The number of aliphatic carboxylic acids is 1. The molecule has 9 heteroatoms. The third-order valence-corrected chi connectivity index (χ3v) is 4.73. The van der Waals surface area contributed by atoms with E-state index in [1.807, 2.05) is 0 Å².